The number of hydrogen-bond acceptors (Lipinski definition) is 4. The quantitative estimate of drug-likeness (QED) is 0.496. The fraction of sp³-hybridized carbons (Fsp3) is 0.0455. The third kappa shape index (κ3) is 3.81. The van der Waals surface area contributed by atoms with Gasteiger partial charge in [0.1, 0.15) is 17.6 Å². The van der Waals surface area contributed by atoms with Crippen molar-refractivity contribution in [2.24, 2.45) is 0 Å². The van der Waals surface area contributed by atoms with Crippen LogP contribution in [0.2, 0.25) is 5.02 Å². The first kappa shape index (κ1) is 19.4. The molecule has 6 nitrogen and oxygen atoms in total. The number of amides is 1. The molecule has 4 rings (SSSR count). The van der Waals surface area contributed by atoms with Crippen molar-refractivity contribution >= 4 is 17.5 Å². The van der Waals surface area contributed by atoms with E-state index in [-0.39, 0.29) is 11.3 Å². The zero-order valence-corrected chi connectivity index (χ0v) is 16.2. The smallest absolute Gasteiger partial charge is 0.273 e. The Balaban J connectivity index is 1.71. The van der Waals surface area contributed by atoms with E-state index in [1.807, 2.05) is 6.07 Å². The molecule has 148 valence electrons. The molecule has 1 amide bonds. The summed E-state index contributed by atoms with van der Waals surface area (Å²) in [4.78, 5) is 12.8. The minimum absolute atomic E-state index is 0.0398. The molecule has 0 aliphatic heterocycles. The first-order valence-corrected chi connectivity index (χ1v) is 9.29. The van der Waals surface area contributed by atoms with Gasteiger partial charge in [-0.15, -0.1) is 0 Å². The maximum Gasteiger partial charge on any atom is 0.273 e. The van der Waals surface area contributed by atoms with Crippen molar-refractivity contribution < 1.29 is 13.6 Å². The highest BCUT2D eigenvalue weighted by molar-refractivity contribution is 6.30. The van der Waals surface area contributed by atoms with Gasteiger partial charge >= 0.3 is 0 Å². The second-order valence-electron chi connectivity index (χ2n) is 6.34. The molecule has 30 heavy (non-hydrogen) atoms. The number of aromatic nitrogens is 2. The molecule has 4 aromatic rings. The van der Waals surface area contributed by atoms with Gasteiger partial charge in [0.2, 0.25) is 0 Å². The first-order chi connectivity index (χ1) is 14.6. The lowest BCUT2D eigenvalue weighted by atomic mass is 10.1. The number of carbonyl (C=O) groups excluding carboxylic acids is 1. The molecule has 0 fully saturated rings. The van der Waals surface area contributed by atoms with Crippen LogP contribution in [-0.2, 0) is 0 Å². The summed E-state index contributed by atoms with van der Waals surface area (Å²) >= 11 is 6.10. The van der Waals surface area contributed by atoms with E-state index >= 15 is 0 Å². The highest BCUT2D eigenvalue weighted by Gasteiger charge is 2.22. The lowest BCUT2D eigenvalue weighted by Gasteiger charge is -2.11. The summed E-state index contributed by atoms with van der Waals surface area (Å²) in [5.74, 6) is -0.712. The topological polar surface area (TPSA) is 83.9 Å². The van der Waals surface area contributed by atoms with E-state index in [9.17, 15) is 14.4 Å². The number of benzene rings is 2. The molecule has 0 saturated heterocycles. The lowest BCUT2D eigenvalue weighted by Crippen LogP contribution is -2.28. The minimum atomic E-state index is -1.16. The Hall–Kier alpha value is -3.89. The Bertz CT molecular complexity index is 1240. The molecule has 8 heteroatoms. The molecule has 1 N–H and O–H groups in total. The van der Waals surface area contributed by atoms with Gasteiger partial charge < -0.3 is 9.73 Å². The molecule has 0 aliphatic carbocycles. The van der Waals surface area contributed by atoms with E-state index in [0.717, 1.165) is 0 Å². The van der Waals surface area contributed by atoms with Gasteiger partial charge in [-0.2, -0.15) is 10.4 Å². The molecular formula is C22H14ClFN4O2. The highest BCUT2D eigenvalue weighted by atomic mass is 35.5. The lowest BCUT2D eigenvalue weighted by molar-refractivity contribution is 0.0939. The van der Waals surface area contributed by atoms with Gasteiger partial charge in [0, 0.05) is 16.7 Å². The van der Waals surface area contributed by atoms with E-state index in [4.69, 9.17) is 16.0 Å². The summed E-state index contributed by atoms with van der Waals surface area (Å²) in [6, 6.07) is 18.5. The number of furan rings is 1. The van der Waals surface area contributed by atoms with Crippen LogP contribution in [0.15, 0.2) is 77.4 Å². The van der Waals surface area contributed by atoms with Crippen LogP contribution in [0.25, 0.3) is 17.1 Å². The Morgan fingerprint density at radius 3 is 2.70 bits per heavy atom. The maximum absolute atomic E-state index is 14.0. The zero-order chi connectivity index (χ0) is 21.1. The first-order valence-electron chi connectivity index (χ1n) is 8.91. The second kappa shape index (κ2) is 8.23. The van der Waals surface area contributed by atoms with E-state index in [1.165, 1.54) is 35.2 Å². The summed E-state index contributed by atoms with van der Waals surface area (Å²) in [6.45, 7) is 0. The number of nitriles is 1. The van der Waals surface area contributed by atoms with Crippen LogP contribution in [0.3, 0.4) is 0 Å². The summed E-state index contributed by atoms with van der Waals surface area (Å²) in [5, 5.41) is 16.8. The number of nitrogens with one attached hydrogen (secondary N) is 1. The molecule has 0 bridgehead atoms. The largest absolute Gasteiger partial charge is 0.463 e. The van der Waals surface area contributed by atoms with Crippen LogP contribution >= 0.6 is 11.6 Å². The third-order valence-electron chi connectivity index (χ3n) is 4.39. The Labute approximate surface area is 176 Å². The fourth-order valence-electron chi connectivity index (χ4n) is 2.99. The Kier molecular flexibility index (Phi) is 5.33. The highest BCUT2D eigenvalue weighted by Crippen LogP contribution is 2.26. The molecular weight excluding hydrogens is 407 g/mol. The van der Waals surface area contributed by atoms with Gasteiger partial charge in [-0.25, -0.2) is 9.07 Å². The Morgan fingerprint density at radius 2 is 2.00 bits per heavy atom. The van der Waals surface area contributed by atoms with E-state index in [2.05, 4.69) is 10.4 Å². The average Bonchev–Trinajstić information content (AvgIpc) is 3.42. The maximum atomic E-state index is 14.0. The van der Waals surface area contributed by atoms with Gasteiger partial charge in [-0.1, -0.05) is 35.9 Å². The number of carbonyl (C=O) groups is 1. The Morgan fingerprint density at radius 1 is 1.17 bits per heavy atom. The van der Waals surface area contributed by atoms with Gasteiger partial charge in [-0.3, -0.25) is 4.79 Å². The predicted octanol–water partition coefficient (Wildman–Crippen LogP) is 4.92. The summed E-state index contributed by atoms with van der Waals surface area (Å²) in [6.07, 6.45) is 1.51. The van der Waals surface area contributed by atoms with Gasteiger partial charge in [0.15, 0.2) is 11.5 Å². The average molecular weight is 421 g/mol. The van der Waals surface area contributed by atoms with Crippen LogP contribution in [0.5, 0.6) is 0 Å². The molecule has 0 aliphatic rings. The predicted molar refractivity (Wildman–Crippen MR) is 108 cm³/mol. The number of nitrogens with zero attached hydrogens (tertiary/aromatic N) is 3. The molecule has 0 radical (unpaired) electrons. The van der Waals surface area contributed by atoms with Crippen molar-refractivity contribution in [3.05, 3.63) is 95.1 Å². The van der Waals surface area contributed by atoms with Crippen LogP contribution in [0.4, 0.5) is 4.39 Å². The van der Waals surface area contributed by atoms with Crippen LogP contribution in [0.1, 0.15) is 22.1 Å². The van der Waals surface area contributed by atoms with Crippen LogP contribution in [0, 0.1) is 17.1 Å². The third-order valence-corrected chi connectivity index (χ3v) is 4.62. The normalized spacial score (nSPS) is 11.6. The van der Waals surface area contributed by atoms with Gasteiger partial charge in [-0.05, 0) is 36.4 Å². The number of halogens is 2. The summed E-state index contributed by atoms with van der Waals surface area (Å²) in [5.41, 5.74) is 1.26. The molecule has 2 aromatic carbocycles. The number of hydrogen-bond donors (Lipinski definition) is 1. The van der Waals surface area contributed by atoms with Crippen LogP contribution < -0.4 is 5.32 Å². The SMILES string of the molecule is N#CC(NC(=O)c1cc(-c2ccco2)n(-c2cccc(Cl)c2)n1)c1ccccc1F. The fourth-order valence-corrected chi connectivity index (χ4v) is 3.17. The van der Waals surface area contributed by atoms with Crippen molar-refractivity contribution in [2.75, 3.05) is 0 Å². The zero-order valence-electron chi connectivity index (χ0n) is 15.4. The van der Waals surface area contributed by atoms with E-state index < -0.39 is 17.8 Å². The van der Waals surface area contributed by atoms with Gasteiger partial charge in [0.25, 0.3) is 5.91 Å². The molecule has 2 heterocycles. The van der Waals surface area contributed by atoms with Crippen molar-refractivity contribution in [1.29, 1.82) is 5.26 Å². The standard InChI is InChI=1S/C22H14ClFN4O2/c23-14-5-3-6-15(11-14)28-20(21-9-4-10-30-21)12-18(27-28)22(29)26-19(13-25)16-7-1-2-8-17(16)24/h1-12,19H,(H,26,29). The molecule has 0 saturated carbocycles. The monoisotopic (exact) mass is 420 g/mol. The summed E-state index contributed by atoms with van der Waals surface area (Å²) in [7, 11) is 0. The molecule has 2 aromatic heterocycles. The van der Waals surface area contributed by atoms with Crippen molar-refractivity contribution in [3.8, 4) is 23.2 Å². The minimum Gasteiger partial charge on any atom is -0.463 e. The molecule has 1 unspecified atom stereocenters. The van der Waals surface area contributed by atoms with Crippen LogP contribution in [-0.4, -0.2) is 15.7 Å². The van der Waals surface area contributed by atoms with Gasteiger partial charge in [0.05, 0.1) is 18.0 Å². The van der Waals surface area contributed by atoms with E-state index in [0.29, 0.717) is 22.2 Å². The second-order valence-corrected chi connectivity index (χ2v) is 6.78. The van der Waals surface area contributed by atoms with E-state index in [1.54, 1.807) is 42.5 Å². The van der Waals surface area contributed by atoms with Crippen molar-refractivity contribution in [1.82, 2.24) is 15.1 Å². The summed E-state index contributed by atoms with van der Waals surface area (Å²) < 4.78 is 21.0. The number of rotatable bonds is 5. The van der Waals surface area contributed by atoms with Crippen molar-refractivity contribution in [3.63, 3.8) is 0 Å². The molecule has 1 atom stereocenters. The van der Waals surface area contributed by atoms with Crippen molar-refractivity contribution in [2.45, 2.75) is 6.04 Å². The molecule has 0 spiro atoms.